The van der Waals surface area contributed by atoms with Gasteiger partial charge in [-0.05, 0) is 30.3 Å². The SMILES string of the molecule is O=C(Nc1ccc(N2CCOCC2)cc1)c1ccoc1. The second kappa shape index (κ2) is 5.79. The zero-order chi connectivity index (χ0) is 13.8. The number of amides is 1. The zero-order valence-electron chi connectivity index (χ0n) is 11.0. The van der Waals surface area contributed by atoms with Crippen molar-refractivity contribution in [2.45, 2.75) is 0 Å². The third-order valence-corrected chi connectivity index (χ3v) is 3.28. The minimum Gasteiger partial charge on any atom is -0.472 e. The Hall–Kier alpha value is -2.27. The predicted molar refractivity (Wildman–Crippen MR) is 76.1 cm³/mol. The standard InChI is InChI=1S/C15H16N2O3/c18-15(12-5-8-20-11-12)16-13-1-3-14(4-2-13)17-6-9-19-10-7-17/h1-5,8,11H,6-7,9-10H2,(H,16,18). The van der Waals surface area contributed by atoms with Crippen LogP contribution in [-0.4, -0.2) is 32.2 Å². The van der Waals surface area contributed by atoms with E-state index in [1.165, 1.54) is 12.5 Å². The summed E-state index contributed by atoms with van der Waals surface area (Å²) in [6.45, 7) is 3.33. The van der Waals surface area contributed by atoms with E-state index >= 15 is 0 Å². The molecular formula is C15H16N2O3. The molecule has 1 amide bonds. The third kappa shape index (κ3) is 2.83. The fraction of sp³-hybridized carbons (Fsp3) is 0.267. The van der Waals surface area contributed by atoms with Crippen molar-refractivity contribution in [3.63, 3.8) is 0 Å². The largest absolute Gasteiger partial charge is 0.472 e. The molecular weight excluding hydrogens is 256 g/mol. The summed E-state index contributed by atoms with van der Waals surface area (Å²) in [5, 5.41) is 2.83. The quantitative estimate of drug-likeness (QED) is 0.932. The topological polar surface area (TPSA) is 54.7 Å². The molecule has 0 aliphatic carbocycles. The number of carbonyl (C=O) groups is 1. The van der Waals surface area contributed by atoms with Crippen LogP contribution in [0.5, 0.6) is 0 Å². The van der Waals surface area contributed by atoms with Gasteiger partial charge in [0, 0.05) is 24.5 Å². The van der Waals surface area contributed by atoms with Crippen LogP contribution in [-0.2, 0) is 4.74 Å². The van der Waals surface area contributed by atoms with Crippen LogP contribution in [0, 0.1) is 0 Å². The minimum atomic E-state index is -0.169. The number of hydrogen-bond acceptors (Lipinski definition) is 4. The maximum atomic E-state index is 11.9. The fourth-order valence-electron chi connectivity index (χ4n) is 2.17. The average molecular weight is 272 g/mol. The lowest BCUT2D eigenvalue weighted by Gasteiger charge is -2.28. The number of rotatable bonds is 3. The number of carbonyl (C=O) groups excluding carboxylic acids is 1. The number of hydrogen-bond donors (Lipinski definition) is 1. The van der Waals surface area contributed by atoms with E-state index in [0.29, 0.717) is 5.56 Å². The van der Waals surface area contributed by atoms with Crippen LogP contribution in [0.15, 0.2) is 47.3 Å². The number of ether oxygens (including phenoxy) is 1. The van der Waals surface area contributed by atoms with E-state index in [4.69, 9.17) is 9.15 Å². The summed E-state index contributed by atoms with van der Waals surface area (Å²) in [7, 11) is 0. The van der Waals surface area contributed by atoms with Crippen LogP contribution in [0.3, 0.4) is 0 Å². The van der Waals surface area contributed by atoms with Crippen LogP contribution in [0.1, 0.15) is 10.4 Å². The average Bonchev–Trinajstić information content (AvgIpc) is 3.03. The van der Waals surface area contributed by atoms with E-state index in [1.807, 2.05) is 24.3 Å². The van der Waals surface area contributed by atoms with E-state index in [2.05, 4.69) is 10.2 Å². The van der Waals surface area contributed by atoms with Crippen LogP contribution in [0.4, 0.5) is 11.4 Å². The number of nitrogens with one attached hydrogen (secondary N) is 1. The van der Waals surface area contributed by atoms with Crippen molar-refractivity contribution in [1.29, 1.82) is 0 Å². The Balaban J connectivity index is 1.65. The normalized spacial score (nSPS) is 15.1. The molecule has 1 aliphatic rings. The van der Waals surface area contributed by atoms with E-state index in [1.54, 1.807) is 6.07 Å². The van der Waals surface area contributed by atoms with Crippen molar-refractivity contribution < 1.29 is 13.9 Å². The molecule has 0 bridgehead atoms. The maximum absolute atomic E-state index is 11.9. The van der Waals surface area contributed by atoms with Crippen molar-refractivity contribution >= 4 is 17.3 Å². The highest BCUT2D eigenvalue weighted by Crippen LogP contribution is 2.19. The second-order valence-electron chi connectivity index (χ2n) is 4.61. The number of morpholine rings is 1. The Morgan fingerprint density at radius 1 is 1.10 bits per heavy atom. The number of benzene rings is 1. The molecule has 0 spiro atoms. The molecule has 0 radical (unpaired) electrons. The van der Waals surface area contributed by atoms with Crippen LogP contribution in [0.2, 0.25) is 0 Å². The van der Waals surface area contributed by atoms with E-state index in [-0.39, 0.29) is 5.91 Å². The van der Waals surface area contributed by atoms with Crippen LogP contribution >= 0.6 is 0 Å². The highest BCUT2D eigenvalue weighted by molar-refractivity contribution is 6.04. The van der Waals surface area contributed by atoms with E-state index in [0.717, 1.165) is 37.7 Å². The Morgan fingerprint density at radius 3 is 2.50 bits per heavy atom. The second-order valence-corrected chi connectivity index (χ2v) is 4.61. The summed E-state index contributed by atoms with van der Waals surface area (Å²) >= 11 is 0. The van der Waals surface area contributed by atoms with Crippen LogP contribution < -0.4 is 10.2 Å². The molecule has 5 nitrogen and oxygen atoms in total. The number of nitrogens with zero attached hydrogens (tertiary/aromatic N) is 1. The first kappa shape index (κ1) is 12.7. The molecule has 1 N–H and O–H groups in total. The minimum absolute atomic E-state index is 0.169. The highest BCUT2D eigenvalue weighted by atomic mass is 16.5. The maximum Gasteiger partial charge on any atom is 0.258 e. The van der Waals surface area contributed by atoms with Gasteiger partial charge in [-0.2, -0.15) is 0 Å². The predicted octanol–water partition coefficient (Wildman–Crippen LogP) is 2.37. The molecule has 0 unspecified atom stereocenters. The summed E-state index contributed by atoms with van der Waals surface area (Å²) in [6, 6.07) is 9.47. The van der Waals surface area contributed by atoms with Gasteiger partial charge in [0.15, 0.2) is 0 Å². The van der Waals surface area contributed by atoms with Crippen molar-refractivity contribution in [3.8, 4) is 0 Å². The van der Waals surface area contributed by atoms with Gasteiger partial charge in [-0.1, -0.05) is 0 Å². The number of furan rings is 1. The Labute approximate surface area is 117 Å². The lowest BCUT2D eigenvalue weighted by Crippen LogP contribution is -2.36. The molecule has 0 atom stereocenters. The van der Waals surface area contributed by atoms with Gasteiger partial charge in [0.05, 0.1) is 25.0 Å². The summed E-state index contributed by atoms with van der Waals surface area (Å²) in [4.78, 5) is 14.1. The fourth-order valence-corrected chi connectivity index (χ4v) is 2.17. The van der Waals surface area contributed by atoms with Gasteiger partial charge >= 0.3 is 0 Å². The monoisotopic (exact) mass is 272 g/mol. The molecule has 3 rings (SSSR count). The van der Waals surface area contributed by atoms with Gasteiger partial charge in [-0.3, -0.25) is 4.79 Å². The highest BCUT2D eigenvalue weighted by Gasteiger charge is 2.11. The molecule has 1 fully saturated rings. The molecule has 1 aliphatic heterocycles. The summed E-state index contributed by atoms with van der Waals surface area (Å²) in [5.74, 6) is -0.169. The molecule has 1 aromatic heterocycles. The molecule has 0 saturated carbocycles. The van der Waals surface area contributed by atoms with E-state index in [9.17, 15) is 4.79 Å². The Morgan fingerprint density at radius 2 is 1.85 bits per heavy atom. The molecule has 2 aromatic rings. The van der Waals surface area contributed by atoms with Gasteiger partial charge in [0.1, 0.15) is 6.26 Å². The van der Waals surface area contributed by atoms with E-state index < -0.39 is 0 Å². The lowest BCUT2D eigenvalue weighted by atomic mass is 10.2. The number of anilines is 2. The Kier molecular flexibility index (Phi) is 3.69. The summed E-state index contributed by atoms with van der Waals surface area (Å²) in [6.07, 6.45) is 2.91. The first-order valence-corrected chi connectivity index (χ1v) is 6.59. The van der Waals surface area contributed by atoms with Gasteiger partial charge in [-0.25, -0.2) is 0 Å². The Bertz CT molecular complexity index is 557. The van der Waals surface area contributed by atoms with Gasteiger partial charge in [0.2, 0.25) is 0 Å². The molecule has 20 heavy (non-hydrogen) atoms. The first-order valence-electron chi connectivity index (χ1n) is 6.59. The van der Waals surface area contributed by atoms with Crippen molar-refractivity contribution in [1.82, 2.24) is 0 Å². The van der Waals surface area contributed by atoms with Crippen LogP contribution in [0.25, 0.3) is 0 Å². The summed E-state index contributed by atoms with van der Waals surface area (Å²) < 4.78 is 10.2. The molecule has 1 saturated heterocycles. The summed E-state index contributed by atoms with van der Waals surface area (Å²) in [5.41, 5.74) is 2.44. The van der Waals surface area contributed by atoms with Crippen molar-refractivity contribution in [2.24, 2.45) is 0 Å². The third-order valence-electron chi connectivity index (χ3n) is 3.28. The molecule has 104 valence electrons. The molecule has 2 heterocycles. The smallest absolute Gasteiger partial charge is 0.258 e. The van der Waals surface area contributed by atoms with Gasteiger partial charge in [0.25, 0.3) is 5.91 Å². The molecule has 5 heteroatoms. The van der Waals surface area contributed by atoms with Gasteiger partial charge in [-0.15, -0.1) is 0 Å². The van der Waals surface area contributed by atoms with Crippen molar-refractivity contribution in [2.75, 3.05) is 36.5 Å². The molecule has 1 aromatic carbocycles. The van der Waals surface area contributed by atoms with Crippen molar-refractivity contribution in [3.05, 3.63) is 48.4 Å². The lowest BCUT2D eigenvalue weighted by molar-refractivity contribution is 0.102. The first-order chi connectivity index (χ1) is 9.83. The zero-order valence-corrected chi connectivity index (χ0v) is 11.0. The van der Waals surface area contributed by atoms with Gasteiger partial charge < -0.3 is 19.4 Å².